The van der Waals surface area contributed by atoms with Crippen LogP contribution in [0.1, 0.15) is 323 Å². The quantitative estimate of drug-likeness (QED) is 0.0128. The van der Waals surface area contributed by atoms with Crippen molar-refractivity contribution in [2.24, 2.45) is 0 Å². The molecule has 596 valence electrons. The zero-order valence-corrected chi connectivity index (χ0v) is 66.9. The van der Waals surface area contributed by atoms with Crippen molar-refractivity contribution in [3.8, 4) is 0 Å². The number of allylic oxidation sites excluding steroid dienone is 22. The van der Waals surface area contributed by atoms with Crippen LogP contribution in [-0.2, 0) is 65.4 Å². The van der Waals surface area contributed by atoms with E-state index in [1.807, 2.05) is 24.3 Å². The number of ether oxygens (including phenoxy) is 4. The first-order chi connectivity index (χ1) is 50.7. The highest BCUT2D eigenvalue weighted by Gasteiger charge is 2.30. The first-order valence-electron chi connectivity index (χ1n) is 40.4. The Morgan fingerprint density at radius 1 is 0.279 bits per heavy atom. The van der Waals surface area contributed by atoms with Crippen LogP contribution in [0, 0.1) is 0 Å². The average Bonchev–Trinajstić information content (AvgIpc) is 0.907. The van der Waals surface area contributed by atoms with E-state index in [0.29, 0.717) is 38.5 Å². The lowest BCUT2D eigenvalue weighted by Crippen LogP contribution is -2.30. The summed E-state index contributed by atoms with van der Waals surface area (Å²) in [6.45, 7) is 4.65. The summed E-state index contributed by atoms with van der Waals surface area (Å²) < 4.78 is 68.5. The molecule has 0 aliphatic heterocycles. The molecule has 0 heterocycles. The van der Waals surface area contributed by atoms with Crippen LogP contribution in [0.25, 0.3) is 0 Å². The number of rotatable bonds is 75. The van der Waals surface area contributed by atoms with Crippen molar-refractivity contribution in [3.05, 3.63) is 134 Å². The van der Waals surface area contributed by atoms with Crippen LogP contribution in [0.3, 0.4) is 0 Å². The first-order valence-corrected chi connectivity index (χ1v) is 43.4. The van der Waals surface area contributed by atoms with Crippen molar-refractivity contribution in [1.29, 1.82) is 0 Å². The molecule has 0 aliphatic rings. The Balaban J connectivity index is 5.49. The van der Waals surface area contributed by atoms with Gasteiger partial charge in [0.2, 0.25) is 0 Å². The molecule has 0 aliphatic carbocycles. The van der Waals surface area contributed by atoms with Crippen LogP contribution < -0.4 is 0 Å². The van der Waals surface area contributed by atoms with Crippen LogP contribution in [0.5, 0.6) is 0 Å². The number of carbonyl (C=O) groups is 4. The van der Waals surface area contributed by atoms with Gasteiger partial charge in [0.25, 0.3) is 0 Å². The maximum absolute atomic E-state index is 13.1. The predicted molar refractivity (Wildman–Crippen MR) is 427 cm³/mol. The van der Waals surface area contributed by atoms with Gasteiger partial charge in [0.05, 0.1) is 26.4 Å². The third-order valence-corrected chi connectivity index (χ3v) is 18.5. The van der Waals surface area contributed by atoms with Gasteiger partial charge < -0.3 is 33.8 Å². The number of phosphoric acid groups is 2. The van der Waals surface area contributed by atoms with Crippen LogP contribution in [0.2, 0.25) is 0 Å². The second-order valence-corrected chi connectivity index (χ2v) is 29.6. The molecule has 0 aromatic heterocycles. The minimum absolute atomic E-state index is 0.0113. The van der Waals surface area contributed by atoms with Crippen LogP contribution >= 0.6 is 15.6 Å². The van der Waals surface area contributed by atoms with Gasteiger partial charge in [-0.25, -0.2) is 9.13 Å². The van der Waals surface area contributed by atoms with Crippen molar-refractivity contribution in [2.75, 3.05) is 39.6 Å². The van der Waals surface area contributed by atoms with Gasteiger partial charge in [0.1, 0.15) is 19.3 Å². The van der Waals surface area contributed by atoms with E-state index in [0.717, 1.165) is 128 Å². The first kappa shape index (κ1) is 99.2. The van der Waals surface area contributed by atoms with Crippen LogP contribution in [-0.4, -0.2) is 96.7 Å². The van der Waals surface area contributed by atoms with Gasteiger partial charge >= 0.3 is 39.5 Å². The Kier molecular flexibility index (Phi) is 72.9. The molecule has 0 spiro atoms. The molecule has 5 atom stereocenters. The zero-order chi connectivity index (χ0) is 76.0. The number of carbonyl (C=O) groups excluding carboxylic acids is 4. The number of hydrogen-bond acceptors (Lipinski definition) is 15. The van der Waals surface area contributed by atoms with Gasteiger partial charge in [-0.1, -0.05) is 277 Å². The smallest absolute Gasteiger partial charge is 0.462 e. The molecule has 104 heavy (non-hydrogen) atoms. The van der Waals surface area contributed by atoms with E-state index in [9.17, 15) is 43.2 Å². The number of aliphatic hydroxyl groups excluding tert-OH is 1. The summed E-state index contributed by atoms with van der Waals surface area (Å²) in [7, 11) is -10.0. The Hall–Kier alpha value is -4.80. The molecule has 2 unspecified atom stereocenters. The molecule has 0 saturated carbocycles. The summed E-state index contributed by atoms with van der Waals surface area (Å²) in [5.41, 5.74) is 0. The third kappa shape index (κ3) is 75.4. The van der Waals surface area contributed by atoms with Gasteiger partial charge in [-0.2, -0.15) is 0 Å². The molecule has 0 rings (SSSR count). The molecule has 0 aromatic rings. The van der Waals surface area contributed by atoms with E-state index in [4.69, 9.17) is 37.0 Å². The topological polar surface area (TPSA) is 237 Å². The number of phosphoric ester groups is 2. The molecule has 0 saturated heterocycles. The molecular formula is C85H144O17P2. The number of aliphatic hydroxyl groups is 1. The second-order valence-electron chi connectivity index (χ2n) is 26.7. The van der Waals surface area contributed by atoms with E-state index in [1.165, 1.54) is 103 Å². The lowest BCUT2D eigenvalue weighted by Gasteiger charge is -2.21. The highest BCUT2D eigenvalue weighted by molar-refractivity contribution is 7.47. The summed E-state index contributed by atoms with van der Waals surface area (Å²) in [4.78, 5) is 73.0. The van der Waals surface area contributed by atoms with E-state index < -0.39 is 97.5 Å². The molecule has 17 nitrogen and oxygen atoms in total. The van der Waals surface area contributed by atoms with Crippen LogP contribution in [0.4, 0.5) is 0 Å². The van der Waals surface area contributed by atoms with Crippen molar-refractivity contribution < 1.29 is 80.2 Å². The van der Waals surface area contributed by atoms with Gasteiger partial charge in [0, 0.05) is 25.7 Å². The van der Waals surface area contributed by atoms with Crippen molar-refractivity contribution in [1.82, 2.24) is 0 Å². The molecule has 0 fully saturated rings. The Bertz CT molecular complexity index is 2490. The van der Waals surface area contributed by atoms with Crippen molar-refractivity contribution in [3.63, 3.8) is 0 Å². The minimum atomic E-state index is -5.00. The van der Waals surface area contributed by atoms with Crippen LogP contribution in [0.15, 0.2) is 134 Å². The zero-order valence-electron chi connectivity index (χ0n) is 65.2. The highest BCUT2D eigenvalue weighted by Crippen LogP contribution is 2.45. The second kappa shape index (κ2) is 76.4. The van der Waals surface area contributed by atoms with Gasteiger partial charge in [0.15, 0.2) is 12.2 Å². The molecule has 0 bridgehead atoms. The highest BCUT2D eigenvalue weighted by atomic mass is 31.2. The largest absolute Gasteiger partial charge is 0.472 e. The molecule has 19 heteroatoms. The van der Waals surface area contributed by atoms with E-state index >= 15 is 0 Å². The fraction of sp³-hybridized carbons (Fsp3) is 0.694. The standard InChI is InChI=1S/C85H144O17P2/c1-5-9-13-17-21-25-29-33-37-39-43-47-51-55-59-63-67-71-84(89)101-80(75-95-82(87)69-65-61-57-53-49-45-41-35-31-27-23-19-15-11-7-3)77-99-103(91,92)97-73-79(86)74-98-104(93,94)100-78-81(76-96-83(88)70-66-62-58-54-50-46-42-36-32-28-24-20-16-12-8-4)102-85(90)72-68-64-60-56-52-48-44-40-38-34-30-26-22-18-14-10-6-2/h21-22,25-27,31,33-38,41-44,47-48,55-56,59-60,79-81,86H,5-20,23-24,28-30,32,39-40,45-46,49-54,57-58,61-78H2,1-4H3,(H,91,92)(H,93,94)/b25-21-,26-22-,31-27-,37-33-,38-34-,41-35-,42-36-,47-43-,48-44-,59-55-,60-56-/t79-,80+,81+/m0/s1. The Morgan fingerprint density at radius 2 is 0.510 bits per heavy atom. The van der Waals surface area contributed by atoms with Gasteiger partial charge in [-0.05, 0) is 154 Å². The summed E-state index contributed by atoms with van der Waals surface area (Å²) >= 11 is 0. The molecule has 0 radical (unpaired) electrons. The van der Waals surface area contributed by atoms with Gasteiger partial charge in [-0.3, -0.25) is 37.3 Å². The maximum Gasteiger partial charge on any atom is 0.472 e. The average molecular weight is 1500 g/mol. The number of esters is 4. The SMILES string of the molecule is CCCCC/C=C\C/C=C\C/C=C\C/C=C\CCCC(=O)O[C@H](COC(=O)CCCCCCC/C=C\C=C/CCCCCC)COP(=O)(O)OC[C@H](O)COP(=O)(O)OC[C@@H](COC(=O)CCCCCCC/C=C\CCCCCCCC)OC(=O)CCC/C=C\C/C=C\C/C=C\C/C=C\CCCCC. The molecule has 3 N–H and O–H groups in total. The molecule has 0 amide bonds. The van der Waals surface area contributed by atoms with Gasteiger partial charge in [-0.15, -0.1) is 0 Å². The Morgan fingerprint density at radius 3 is 0.846 bits per heavy atom. The summed E-state index contributed by atoms with van der Waals surface area (Å²) in [6, 6.07) is 0. The summed E-state index contributed by atoms with van der Waals surface area (Å²) in [5.74, 6) is -2.33. The number of hydrogen-bond donors (Lipinski definition) is 3. The Labute approximate surface area is 631 Å². The lowest BCUT2D eigenvalue weighted by molar-refractivity contribution is -0.161. The van der Waals surface area contributed by atoms with E-state index in [2.05, 4.69) is 137 Å². The summed E-state index contributed by atoms with van der Waals surface area (Å²) in [5, 5.41) is 10.6. The maximum atomic E-state index is 13.1. The monoisotopic (exact) mass is 1500 g/mol. The fourth-order valence-corrected chi connectivity index (χ4v) is 11.9. The minimum Gasteiger partial charge on any atom is -0.462 e. The number of unbranched alkanes of at least 4 members (excludes halogenated alkanes) is 28. The summed E-state index contributed by atoms with van der Waals surface area (Å²) in [6.07, 6.45) is 85.8. The molecule has 0 aromatic carbocycles. The van der Waals surface area contributed by atoms with E-state index in [-0.39, 0.29) is 25.7 Å². The lowest BCUT2D eigenvalue weighted by atomic mass is 10.1. The van der Waals surface area contributed by atoms with Crippen molar-refractivity contribution in [2.45, 2.75) is 341 Å². The molecular weight excluding hydrogens is 1350 g/mol. The fourth-order valence-electron chi connectivity index (χ4n) is 10.4. The van der Waals surface area contributed by atoms with E-state index in [1.54, 1.807) is 0 Å². The third-order valence-electron chi connectivity index (χ3n) is 16.6. The predicted octanol–water partition coefficient (Wildman–Crippen LogP) is 23.7. The van der Waals surface area contributed by atoms with Crippen molar-refractivity contribution >= 4 is 39.5 Å². The normalized spacial score (nSPS) is 14.6.